The standard InChI is InChI=1S/C25H44OSi/c1-21(18-20-26-27(8,9)24(3,4)5)15-12-10-11-13-17-23-22(2)16-14-19-25(23,6)7/h10-12,15,18H,13-14,16-17,19-20H2,1-9H3/b11-10+,15-12-,21-18+. The van der Waals surface area contributed by atoms with E-state index in [-0.39, 0.29) is 5.04 Å². The van der Waals surface area contributed by atoms with Gasteiger partial charge in [-0.05, 0) is 69.5 Å². The highest BCUT2D eigenvalue weighted by atomic mass is 28.4. The Hall–Kier alpha value is -0.863. The van der Waals surface area contributed by atoms with Crippen molar-refractivity contribution in [3.63, 3.8) is 0 Å². The van der Waals surface area contributed by atoms with Gasteiger partial charge in [-0.15, -0.1) is 0 Å². The minimum Gasteiger partial charge on any atom is -0.413 e. The highest BCUT2D eigenvalue weighted by Gasteiger charge is 2.36. The van der Waals surface area contributed by atoms with E-state index in [1.54, 1.807) is 11.1 Å². The van der Waals surface area contributed by atoms with Crippen LogP contribution in [-0.4, -0.2) is 14.9 Å². The number of hydrogen-bond acceptors (Lipinski definition) is 1. The van der Waals surface area contributed by atoms with Gasteiger partial charge in [0.15, 0.2) is 8.32 Å². The van der Waals surface area contributed by atoms with Gasteiger partial charge in [0.1, 0.15) is 0 Å². The summed E-state index contributed by atoms with van der Waals surface area (Å²) < 4.78 is 6.21. The minimum atomic E-state index is -1.64. The molecule has 154 valence electrons. The molecule has 2 heteroatoms. The zero-order valence-electron chi connectivity index (χ0n) is 19.5. The molecule has 0 aromatic rings. The molecule has 0 fully saturated rings. The lowest BCUT2D eigenvalue weighted by Gasteiger charge is -2.35. The fraction of sp³-hybridized carbons (Fsp3) is 0.680. The van der Waals surface area contributed by atoms with Crippen LogP contribution in [0, 0.1) is 5.41 Å². The molecular formula is C25H44OSi. The summed E-state index contributed by atoms with van der Waals surface area (Å²) in [4.78, 5) is 0. The van der Waals surface area contributed by atoms with E-state index >= 15 is 0 Å². The van der Waals surface area contributed by atoms with E-state index in [0.29, 0.717) is 5.41 Å². The summed E-state index contributed by atoms with van der Waals surface area (Å²) in [6.07, 6.45) is 17.4. The lowest BCUT2D eigenvalue weighted by molar-refractivity contribution is 0.327. The maximum atomic E-state index is 6.21. The Morgan fingerprint density at radius 3 is 2.44 bits per heavy atom. The zero-order valence-corrected chi connectivity index (χ0v) is 20.5. The van der Waals surface area contributed by atoms with Gasteiger partial charge in [-0.2, -0.15) is 0 Å². The van der Waals surface area contributed by atoms with Crippen molar-refractivity contribution in [1.82, 2.24) is 0 Å². The van der Waals surface area contributed by atoms with Gasteiger partial charge in [0.2, 0.25) is 0 Å². The summed E-state index contributed by atoms with van der Waals surface area (Å²) in [6.45, 7) is 21.5. The van der Waals surface area contributed by atoms with Gasteiger partial charge in [-0.25, -0.2) is 0 Å². The molecule has 0 amide bonds. The quantitative estimate of drug-likeness (QED) is 0.230. The smallest absolute Gasteiger partial charge is 0.192 e. The normalized spacial score (nSPS) is 19.5. The van der Waals surface area contributed by atoms with Crippen LogP contribution in [0.4, 0.5) is 0 Å². The second-order valence-corrected chi connectivity index (χ2v) is 15.2. The van der Waals surface area contributed by atoms with Gasteiger partial charge >= 0.3 is 0 Å². The third-order valence-electron chi connectivity index (χ3n) is 6.51. The molecule has 1 aliphatic rings. The molecular weight excluding hydrogens is 344 g/mol. The van der Waals surface area contributed by atoms with Crippen LogP contribution >= 0.6 is 0 Å². The number of allylic oxidation sites excluding steroid dienone is 7. The maximum absolute atomic E-state index is 6.21. The molecule has 1 aliphatic carbocycles. The van der Waals surface area contributed by atoms with Crippen LogP contribution in [0.25, 0.3) is 0 Å². The van der Waals surface area contributed by atoms with Gasteiger partial charge in [0, 0.05) is 0 Å². The molecule has 0 N–H and O–H groups in total. The molecule has 0 radical (unpaired) electrons. The summed E-state index contributed by atoms with van der Waals surface area (Å²) in [5.74, 6) is 0. The van der Waals surface area contributed by atoms with Crippen molar-refractivity contribution in [2.75, 3.05) is 6.61 Å². The van der Waals surface area contributed by atoms with Crippen molar-refractivity contribution in [3.05, 3.63) is 47.1 Å². The average molecular weight is 389 g/mol. The van der Waals surface area contributed by atoms with Gasteiger partial charge < -0.3 is 4.43 Å². The molecule has 0 aromatic carbocycles. The third kappa shape index (κ3) is 7.95. The third-order valence-corrected chi connectivity index (χ3v) is 11.0. The van der Waals surface area contributed by atoms with Gasteiger partial charge in [0.05, 0.1) is 6.61 Å². The molecule has 0 unspecified atom stereocenters. The summed E-state index contributed by atoms with van der Waals surface area (Å²) in [7, 11) is -1.64. The summed E-state index contributed by atoms with van der Waals surface area (Å²) in [5, 5.41) is 0.272. The van der Waals surface area contributed by atoms with Crippen molar-refractivity contribution >= 4 is 8.32 Å². The molecule has 0 bridgehead atoms. The second kappa shape index (κ2) is 10.1. The monoisotopic (exact) mass is 388 g/mol. The molecule has 27 heavy (non-hydrogen) atoms. The second-order valence-electron chi connectivity index (χ2n) is 10.3. The summed E-state index contributed by atoms with van der Waals surface area (Å²) in [6, 6.07) is 0. The van der Waals surface area contributed by atoms with Crippen molar-refractivity contribution in [1.29, 1.82) is 0 Å². The molecule has 0 saturated carbocycles. The molecule has 0 spiro atoms. The van der Waals surface area contributed by atoms with E-state index in [2.05, 4.69) is 91.9 Å². The van der Waals surface area contributed by atoms with Crippen LogP contribution in [0.15, 0.2) is 47.1 Å². The summed E-state index contributed by atoms with van der Waals surface area (Å²) in [5.41, 5.74) is 5.00. The zero-order chi connectivity index (χ0) is 20.7. The summed E-state index contributed by atoms with van der Waals surface area (Å²) >= 11 is 0. The van der Waals surface area contributed by atoms with Crippen LogP contribution in [0.5, 0.6) is 0 Å². The predicted octanol–water partition coefficient (Wildman–Crippen LogP) is 8.37. The predicted molar refractivity (Wildman–Crippen MR) is 125 cm³/mol. The molecule has 0 saturated heterocycles. The highest BCUT2D eigenvalue weighted by molar-refractivity contribution is 6.74. The first kappa shape index (κ1) is 24.2. The Labute approximate surface area is 170 Å². The van der Waals surface area contributed by atoms with Crippen LogP contribution < -0.4 is 0 Å². The molecule has 1 nitrogen and oxygen atoms in total. The van der Waals surface area contributed by atoms with Crippen molar-refractivity contribution in [2.24, 2.45) is 5.41 Å². The first-order chi connectivity index (χ1) is 12.4. The first-order valence-corrected chi connectivity index (χ1v) is 13.6. The Morgan fingerprint density at radius 1 is 1.19 bits per heavy atom. The van der Waals surface area contributed by atoms with E-state index in [0.717, 1.165) is 13.0 Å². The van der Waals surface area contributed by atoms with Crippen molar-refractivity contribution in [3.8, 4) is 0 Å². The fourth-order valence-corrected chi connectivity index (χ4v) is 4.44. The average Bonchev–Trinajstić information content (AvgIpc) is 2.51. The van der Waals surface area contributed by atoms with E-state index in [9.17, 15) is 0 Å². The number of rotatable bonds is 8. The topological polar surface area (TPSA) is 9.23 Å². The SMILES string of the molecule is CC1=C(CC/C=C/C=C\C(C)=C\CO[Si](C)(C)C(C)(C)C)C(C)(C)CCC1. The van der Waals surface area contributed by atoms with E-state index in [1.807, 2.05) is 0 Å². The highest BCUT2D eigenvalue weighted by Crippen LogP contribution is 2.42. The van der Waals surface area contributed by atoms with Gasteiger partial charge in [-0.3, -0.25) is 0 Å². The van der Waals surface area contributed by atoms with Crippen LogP contribution in [0.1, 0.15) is 80.6 Å². The Kier molecular flexibility index (Phi) is 9.02. The van der Waals surface area contributed by atoms with Crippen LogP contribution in [-0.2, 0) is 4.43 Å². The Balaban J connectivity index is 2.43. The molecule has 0 heterocycles. The van der Waals surface area contributed by atoms with Gasteiger partial charge in [-0.1, -0.05) is 81.7 Å². The van der Waals surface area contributed by atoms with Crippen molar-refractivity contribution in [2.45, 2.75) is 98.7 Å². The van der Waals surface area contributed by atoms with E-state index in [4.69, 9.17) is 4.43 Å². The van der Waals surface area contributed by atoms with Crippen molar-refractivity contribution < 1.29 is 4.43 Å². The Bertz CT molecular complexity index is 594. The lowest BCUT2D eigenvalue weighted by atomic mass is 9.71. The molecule has 0 aliphatic heterocycles. The van der Waals surface area contributed by atoms with Crippen LogP contribution in [0.2, 0.25) is 18.1 Å². The minimum absolute atomic E-state index is 0.272. The van der Waals surface area contributed by atoms with E-state index < -0.39 is 8.32 Å². The molecule has 0 aromatic heterocycles. The van der Waals surface area contributed by atoms with E-state index in [1.165, 1.54) is 31.3 Å². The van der Waals surface area contributed by atoms with Crippen LogP contribution in [0.3, 0.4) is 0 Å². The first-order valence-electron chi connectivity index (χ1n) is 10.7. The molecule has 0 atom stereocenters. The Morgan fingerprint density at radius 2 is 1.85 bits per heavy atom. The molecule has 1 rings (SSSR count). The lowest BCUT2D eigenvalue weighted by Crippen LogP contribution is -2.40. The number of hydrogen-bond donors (Lipinski definition) is 0. The maximum Gasteiger partial charge on any atom is 0.192 e. The largest absolute Gasteiger partial charge is 0.413 e. The fourth-order valence-electron chi connectivity index (χ4n) is 3.50. The van der Waals surface area contributed by atoms with Gasteiger partial charge in [0.25, 0.3) is 0 Å².